The minimum atomic E-state index is -0.863. The number of nitrogens with zero attached hydrogens (tertiary/aromatic N) is 5. The molecule has 176 valence electrons. The first-order chi connectivity index (χ1) is 16.8. The Labute approximate surface area is 206 Å². The maximum atomic E-state index is 13.8. The molecule has 3 aromatic heterocycles. The summed E-state index contributed by atoms with van der Waals surface area (Å²) in [6.07, 6.45) is 3.71. The zero-order valence-electron chi connectivity index (χ0n) is 19.4. The number of hydrogen-bond donors (Lipinski definition) is 1. The van der Waals surface area contributed by atoms with Gasteiger partial charge in [-0.1, -0.05) is 29.8 Å². The van der Waals surface area contributed by atoms with Crippen LogP contribution in [-0.4, -0.2) is 30.0 Å². The Morgan fingerprint density at radius 1 is 1.00 bits per heavy atom. The first-order valence-corrected chi connectivity index (χ1v) is 11.5. The van der Waals surface area contributed by atoms with E-state index in [9.17, 15) is 9.59 Å². The molecule has 0 aliphatic heterocycles. The van der Waals surface area contributed by atoms with E-state index in [4.69, 9.17) is 16.7 Å². The van der Waals surface area contributed by atoms with Crippen molar-refractivity contribution in [2.45, 2.75) is 26.8 Å². The molecular formula is C26H23ClN6O2. The molecule has 5 aromatic rings. The van der Waals surface area contributed by atoms with Crippen molar-refractivity contribution in [1.82, 2.24) is 24.1 Å². The standard InChI is InChI=1S/C26H23ClN6O2/c1-16-15-19(27)11-12-21(16)28-24(34)18(3)32-26(35)22-23(17(2)29-32)30-33(20-9-5-4-6-10-20)25(22)31-13-7-8-14-31/h4-15,18H,1-3H3,(H,28,34)/t18-/m0/s1. The number of benzene rings is 2. The lowest BCUT2D eigenvalue weighted by molar-refractivity contribution is -0.119. The van der Waals surface area contributed by atoms with Gasteiger partial charge < -0.3 is 9.88 Å². The molecule has 0 spiro atoms. The van der Waals surface area contributed by atoms with Gasteiger partial charge in [0, 0.05) is 23.1 Å². The van der Waals surface area contributed by atoms with Crippen LogP contribution in [0.4, 0.5) is 5.69 Å². The van der Waals surface area contributed by atoms with Crippen molar-refractivity contribution in [3.05, 3.63) is 99.7 Å². The van der Waals surface area contributed by atoms with Crippen LogP contribution in [0.1, 0.15) is 24.2 Å². The van der Waals surface area contributed by atoms with Crippen LogP contribution in [0.15, 0.2) is 77.9 Å². The number of fused-ring (bicyclic) bond motifs is 1. The number of para-hydroxylation sites is 1. The highest BCUT2D eigenvalue weighted by atomic mass is 35.5. The van der Waals surface area contributed by atoms with Gasteiger partial charge in [-0.25, -0.2) is 9.36 Å². The van der Waals surface area contributed by atoms with Crippen molar-refractivity contribution in [2.24, 2.45) is 0 Å². The summed E-state index contributed by atoms with van der Waals surface area (Å²) in [5, 5.41) is 13.1. The van der Waals surface area contributed by atoms with Gasteiger partial charge in [0.1, 0.15) is 16.9 Å². The molecule has 1 amide bonds. The quantitative estimate of drug-likeness (QED) is 0.385. The number of carbonyl (C=O) groups excluding carboxylic acids is 1. The number of hydrogen-bond acceptors (Lipinski definition) is 4. The molecule has 1 N–H and O–H groups in total. The second-order valence-electron chi connectivity index (χ2n) is 8.34. The highest BCUT2D eigenvalue weighted by Gasteiger charge is 2.25. The first-order valence-electron chi connectivity index (χ1n) is 11.1. The summed E-state index contributed by atoms with van der Waals surface area (Å²) >= 11 is 6.03. The lowest BCUT2D eigenvalue weighted by Gasteiger charge is -2.16. The number of amides is 1. The molecule has 0 bridgehead atoms. The van der Waals surface area contributed by atoms with Crippen LogP contribution in [-0.2, 0) is 4.79 Å². The Morgan fingerprint density at radius 3 is 2.40 bits per heavy atom. The molecule has 0 aliphatic carbocycles. The molecule has 0 saturated carbocycles. The van der Waals surface area contributed by atoms with Gasteiger partial charge in [0.2, 0.25) is 5.91 Å². The molecule has 0 radical (unpaired) electrons. The van der Waals surface area contributed by atoms with Gasteiger partial charge in [-0.3, -0.25) is 9.59 Å². The third-order valence-electron chi connectivity index (χ3n) is 5.93. The maximum Gasteiger partial charge on any atom is 0.280 e. The van der Waals surface area contributed by atoms with Crippen molar-refractivity contribution >= 4 is 34.1 Å². The smallest absolute Gasteiger partial charge is 0.280 e. The zero-order valence-corrected chi connectivity index (χ0v) is 20.2. The van der Waals surface area contributed by atoms with Gasteiger partial charge in [0.25, 0.3) is 5.56 Å². The minimum Gasteiger partial charge on any atom is -0.324 e. The summed E-state index contributed by atoms with van der Waals surface area (Å²) in [6.45, 7) is 5.29. The van der Waals surface area contributed by atoms with Gasteiger partial charge in [-0.2, -0.15) is 10.2 Å². The van der Waals surface area contributed by atoms with Crippen LogP contribution in [0.5, 0.6) is 0 Å². The van der Waals surface area contributed by atoms with Crippen molar-refractivity contribution in [1.29, 1.82) is 0 Å². The van der Waals surface area contributed by atoms with Crippen LogP contribution >= 0.6 is 11.6 Å². The van der Waals surface area contributed by atoms with E-state index in [1.807, 2.05) is 66.3 Å². The largest absolute Gasteiger partial charge is 0.324 e. The fraction of sp³-hybridized carbons (Fsp3) is 0.154. The van der Waals surface area contributed by atoms with Crippen molar-refractivity contribution in [3.8, 4) is 11.5 Å². The monoisotopic (exact) mass is 486 g/mol. The predicted molar refractivity (Wildman–Crippen MR) is 137 cm³/mol. The average molecular weight is 487 g/mol. The van der Waals surface area contributed by atoms with Gasteiger partial charge >= 0.3 is 0 Å². The molecule has 0 saturated heterocycles. The topological polar surface area (TPSA) is 86.7 Å². The van der Waals surface area contributed by atoms with Crippen LogP contribution in [0.2, 0.25) is 5.02 Å². The van der Waals surface area contributed by atoms with Crippen LogP contribution in [0.3, 0.4) is 0 Å². The van der Waals surface area contributed by atoms with E-state index in [2.05, 4.69) is 10.4 Å². The summed E-state index contributed by atoms with van der Waals surface area (Å²) in [6, 6.07) is 17.7. The highest BCUT2D eigenvalue weighted by Crippen LogP contribution is 2.25. The van der Waals surface area contributed by atoms with Gasteiger partial charge in [0.05, 0.1) is 11.4 Å². The van der Waals surface area contributed by atoms with E-state index in [-0.39, 0.29) is 5.91 Å². The predicted octanol–water partition coefficient (Wildman–Crippen LogP) is 4.84. The normalized spacial score (nSPS) is 12.1. The van der Waals surface area contributed by atoms with E-state index >= 15 is 0 Å². The molecule has 2 aromatic carbocycles. The summed E-state index contributed by atoms with van der Waals surface area (Å²) in [7, 11) is 0. The Morgan fingerprint density at radius 2 is 1.71 bits per heavy atom. The SMILES string of the molecule is Cc1cc(Cl)ccc1NC(=O)[C@H](C)n1nc(C)c2nn(-c3ccccc3)c(-n3cccc3)c2c1=O. The van der Waals surface area contributed by atoms with E-state index in [1.54, 1.807) is 36.7 Å². The summed E-state index contributed by atoms with van der Waals surface area (Å²) in [5.41, 5.74) is 2.89. The molecule has 1 atom stereocenters. The first kappa shape index (κ1) is 22.6. The minimum absolute atomic E-state index is 0.360. The molecule has 0 fully saturated rings. The fourth-order valence-corrected chi connectivity index (χ4v) is 4.30. The van der Waals surface area contributed by atoms with Crippen molar-refractivity contribution < 1.29 is 4.79 Å². The van der Waals surface area contributed by atoms with Gasteiger partial charge in [0.15, 0.2) is 5.82 Å². The number of carbonyl (C=O) groups is 1. The number of aryl methyl sites for hydroxylation is 2. The molecule has 0 unspecified atom stereocenters. The summed E-state index contributed by atoms with van der Waals surface area (Å²) in [5.74, 6) is 0.225. The molecule has 9 heteroatoms. The average Bonchev–Trinajstić information content (AvgIpc) is 3.51. The third kappa shape index (κ3) is 4.02. The third-order valence-corrected chi connectivity index (χ3v) is 6.16. The van der Waals surface area contributed by atoms with E-state index in [0.29, 0.717) is 33.1 Å². The van der Waals surface area contributed by atoms with Gasteiger partial charge in [-0.05, 0) is 68.8 Å². The number of halogens is 1. The lowest BCUT2D eigenvalue weighted by atomic mass is 10.2. The van der Waals surface area contributed by atoms with Crippen LogP contribution in [0, 0.1) is 13.8 Å². The fourth-order valence-electron chi connectivity index (χ4n) is 4.07. The van der Waals surface area contributed by atoms with E-state index in [0.717, 1.165) is 11.3 Å². The maximum absolute atomic E-state index is 13.8. The molecular weight excluding hydrogens is 464 g/mol. The van der Waals surface area contributed by atoms with E-state index < -0.39 is 11.6 Å². The molecule has 8 nitrogen and oxygen atoms in total. The lowest BCUT2D eigenvalue weighted by Crippen LogP contribution is -2.34. The summed E-state index contributed by atoms with van der Waals surface area (Å²) < 4.78 is 4.80. The highest BCUT2D eigenvalue weighted by molar-refractivity contribution is 6.30. The Bertz CT molecular complexity index is 1600. The number of aromatic nitrogens is 5. The Balaban J connectivity index is 1.65. The second-order valence-corrected chi connectivity index (χ2v) is 8.78. The molecule has 5 rings (SSSR count). The zero-order chi connectivity index (χ0) is 24.7. The Kier molecular flexibility index (Phi) is 5.74. The van der Waals surface area contributed by atoms with Crippen molar-refractivity contribution in [3.63, 3.8) is 0 Å². The number of anilines is 1. The number of rotatable bonds is 5. The Hall–Kier alpha value is -4.17. The molecule has 35 heavy (non-hydrogen) atoms. The molecule has 3 heterocycles. The molecule has 0 aliphatic rings. The summed E-state index contributed by atoms with van der Waals surface area (Å²) in [4.78, 5) is 26.9. The van der Waals surface area contributed by atoms with Crippen LogP contribution < -0.4 is 10.9 Å². The van der Waals surface area contributed by atoms with Crippen molar-refractivity contribution in [2.75, 3.05) is 5.32 Å². The van der Waals surface area contributed by atoms with Gasteiger partial charge in [-0.15, -0.1) is 0 Å². The van der Waals surface area contributed by atoms with Crippen LogP contribution in [0.25, 0.3) is 22.4 Å². The number of nitrogens with one attached hydrogen (secondary N) is 1. The second kappa shape index (κ2) is 8.88. The van der Waals surface area contributed by atoms with E-state index in [1.165, 1.54) is 4.68 Å².